The minimum Gasteiger partial charge on any atom is -0.475 e. The molecule has 3 rings (SSSR count). The molecule has 1 heterocycles. The van der Waals surface area contributed by atoms with Gasteiger partial charge < -0.3 is 20.6 Å². The normalized spacial score (nSPS) is 17.0. The van der Waals surface area contributed by atoms with E-state index in [1.807, 2.05) is 0 Å². The summed E-state index contributed by atoms with van der Waals surface area (Å²) >= 11 is 0. The highest BCUT2D eigenvalue weighted by Crippen LogP contribution is 2.28. The van der Waals surface area contributed by atoms with Crippen LogP contribution in [-0.4, -0.2) is 92.9 Å². The van der Waals surface area contributed by atoms with Crippen molar-refractivity contribution in [3.8, 4) is 11.1 Å². The van der Waals surface area contributed by atoms with Crippen LogP contribution in [0.15, 0.2) is 53.4 Å². The van der Waals surface area contributed by atoms with Gasteiger partial charge in [0, 0.05) is 26.9 Å². The number of likely N-dealkylation sites (tertiary alicyclic amines) is 1. The summed E-state index contributed by atoms with van der Waals surface area (Å²) in [4.78, 5) is 37.6. The second-order valence-electron chi connectivity index (χ2n) is 9.13. The van der Waals surface area contributed by atoms with E-state index in [4.69, 9.17) is 15.6 Å². The fourth-order valence-corrected chi connectivity index (χ4v) is 4.51. The SMILES string of the molecule is CN(C)C(=O)[C@@H](c1ccc(-c2cccc(S(C)(=O)=O)c2)cc1)[C@H](N)C(=O)N1CC[C@H](F)C1.O=C(O)C(F)(F)F. The van der Waals surface area contributed by atoms with Crippen molar-refractivity contribution in [2.45, 2.75) is 35.6 Å². The van der Waals surface area contributed by atoms with E-state index in [-0.39, 0.29) is 30.3 Å². The monoisotopic (exact) mass is 575 g/mol. The molecule has 0 aromatic heterocycles. The average molecular weight is 576 g/mol. The number of carbonyl (C=O) groups is 3. The zero-order valence-electron chi connectivity index (χ0n) is 21.4. The minimum absolute atomic E-state index is 0.00891. The van der Waals surface area contributed by atoms with Gasteiger partial charge in [0.15, 0.2) is 9.84 Å². The van der Waals surface area contributed by atoms with Crippen molar-refractivity contribution in [1.82, 2.24) is 9.80 Å². The van der Waals surface area contributed by atoms with Crippen LogP contribution in [-0.2, 0) is 24.2 Å². The number of benzene rings is 2. The molecule has 0 saturated carbocycles. The van der Waals surface area contributed by atoms with E-state index in [0.29, 0.717) is 11.1 Å². The highest BCUT2D eigenvalue weighted by molar-refractivity contribution is 7.90. The molecule has 1 fully saturated rings. The molecular formula is C25H29F4N3O6S. The number of carboxylic acid groups (broad SMARTS) is 1. The summed E-state index contributed by atoms with van der Waals surface area (Å²) in [6.45, 7) is 0.275. The Balaban J connectivity index is 0.000000673. The van der Waals surface area contributed by atoms with Crippen LogP contribution in [0.2, 0.25) is 0 Å². The van der Waals surface area contributed by atoms with Crippen LogP contribution in [0.1, 0.15) is 17.9 Å². The molecule has 1 aliphatic rings. The first-order valence-electron chi connectivity index (χ1n) is 11.5. The Kier molecular flexibility index (Phi) is 10.2. The maximum Gasteiger partial charge on any atom is 0.490 e. The Morgan fingerprint density at radius 2 is 1.64 bits per heavy atom. The van der Waals surface area contributed by atoms with Crippen LogP contribution in [0.3, 0.4) is 0 Å². The van der Waals surface area contributed by atoms with E-state index in [1.54, 1.807) is 56.6 Å². The third-order valence-electron chi connectivity index (χ3n) is 5.90. The fourth-order valence-electron chi connectivity index (χ4n) is 3.84. The molecule has 14 heteroatoms. The molecule has 0 bridgehead atoms. The highest BCUT2D eigenvalue weighted by atomic mass is 32.2. The van der Waals surface area contributed by atoms with Gasteiger partial charge in [0.25, 0.3) is 0 Å². The molecule has 3 N–H and O–H groups in total. The van der Waals surface area contributed by atoms with Gasteiger partial charge >= 0.3 is 12.1 Å². The quantitative estimate of drug-likeness (QED) is 0.505. The number of nitrogens with two attached hydrogens (primary N) is 1. The molecule has 1 saturated heterocycles. The van der Waals surface area contributed by atoms with Gasteiger partial charge in [-0.25, -0.2) is 17.6 Å². The second-order valence-corrected chi connectivity index (χ2v) is 11.1. The average Bonchev–Trinajstić information content (AvgIpc) is 3.29. The van der Waals surface area contributed by atoms with Crippen LogP contribution < -0.4 is 5.73 Å². The molecule has 0 aliphatic carbocycles. The molecule has 2 aromatic carbocycles. The van der Waals surface area contributed by atoms with Crippen molar-refractivity contribution < 1.29 is 45.5 Å². The van der Waals surface area contributed by atoms with Crippen molar-refractivity contribution in [1.29, 1.82) is 0 Å². The van der Waals surface area contributed by atoms with Gasteiger partial charge in [-0.1, -0.05) is 36.4 Å². The van der Waals surface area contributed by atoms with E-state index < -0.39 is 46.0 Å². The number of carboxylic acids is 1. The maximum absolute atomic E-state index is 13.6. The number of carbonyl (C=O) groups excluding carboxylic acids is 2. The van der Waals surface area contributed by atoms with E-state index in [1.165, 1.54) is 15.9 Å². The van der Waals surface area contributed by atoms with E-state index in [2.05, 4.69) is 0 Å². The van der Waals surface area contributed by atoms with Gasteiger partial charge in [0.2, 0.25) is 11.8 Å². The molecule has 2 amide bonds. The number of nitrogens with zero attached hydrogens (tertiary/aromatic N) is 2. The molecule has 0 unspecified atom stereocenters. The van der Waals surface area contributed by atoms with Gasteiger partial charge in [0.1, 0.15) is 12.2 Å². The first kappa shape index (κ1) is 31.7. The largest absolute Gasteiger partial charge is 0.490 e. The van der Waals surface area contributed by atoms with Gasteiger partial charge in [0.05, 0.1) is 17.4 Å². The highest BCUT2D eigenvalue weighted by Gasteiger charge is 2.39. The van der Waals surface area contributed by atoms with Crippen LogP contribution in [0.25, 0.3) is 11.1 Å². The summed E-state index contributed by atoms with van der Waals surface area (Å²) in [7, 11) is -0.167. The summed E-state index contributed by atoms with van der Waals surface area (Å²) in [5.74, 6) is -4.45. The van der Waals surface area contributed by atoms with Crippen molar-refractivity contribution >= 4 is 27.6 Å². The predicted octanol–water partition coefficient (Wildman–Crippen LogP) is 2.46. The lowest BCUT2D eigenvalue weighted by Gasteiger charge is -2.28. The van der Waals surface area contributed by atoms with Crippen molar-refractivity contribution in [3.05, 3.63) is 54.1 Å². The summed E-state index contributed by atoms with van der Waals surface area (Å²) in [6, 6.07) is 12.4. The fraction of sp³-hybridized carbons (Fsp3) is 0.400. The van der Waals surface area contributed by atoms with Gasteiger partial charge in [-0.2, -0.15) is 13.2 Å². The lowest BCUT2D eigenvalue weighted by molar-refractivity contribution is -0.192. The van der Waals surface area contributed by atoms with E-state index in [0.717, 1.165) is 11.8 Å². The first-order chi connectivity index (χ1) is 17.9. The Bertz CT molecular complexity index is 1300. The number of rotatable bonds is 6. The van der Waals surface area contributed by atoms with Gasteiger partial charge in [-0.3, -0.25) is 9.59 Å². The second kappa shape index (κ2) is 12.6. The maximum atomic E-state index is 13.6. The molecule has 3 atom stereocenters. The molecule has 1 aliphatic heterocycles. The molecule has 0 spiro atoms. The van der Waals surface area contributed by atoms with Crippen molar-refractivity contribution in [2.24, 2.45) is 5.73 Å². The summed E-state index contributed by atoms with van der Waals surface area (Å²) in [5, 5.41) is 7.12. The van der Waals surface area contributed by atoms with Gasteiger partial charge in [-0.05, 0) is 35.2 Å². The molecule has 214 valence electrons. The Hall–Kier alpha value is -3.52. The number of amides is 2. The first-order valence-corrected chi connectivity index (χ1v) is 13.4. The zero-order chi connectivity index (χ0) is 29.7. The number of halogens is 4. The zero-order valence-corrected chi connectivity index (χ0v) is 22.2. The van der Waals surface area contributed by atoms with Crippen molar-refractivity contribution in [2.75, 3.05) is 33.4 Å². The number of sulfone groups is 1. The number of hydrogen-bond donors (Lipinski definition) is 2. The summed E-state index contributed by atoms with van der Waals surface area (Å²) in [5.41, 5.74) is 8.27. The lowest BCUT2D eigenvalue weighted by atomic mass is 9.88. The van der Waals surface area contributed by atoms with Crippen molar-refractivity contribution in [3.63, 3.8) is 0 Å². The third kappa shape index (κ3) is 8.48. The van der Waals surface area contributed by atoms with Crippen LogP contribution in [0.4, 0.5) is 17.6 Å². The summed E-state index contributed by atoms with van der Waals surface area (Å²) in [6.07, 6.45) is -4.74. The molecular weight excluding hydrogens is 546 g/mol. The lowest BCUT2D eigenvalue weighted by Crippen LogP contribution is -2.50. The Morgan fingerprint density at radius 3 is 2.08 bits per heavy atom. The Morgan fingerprint density at radius 1 is 1.08 bits per heavy atom. The molecule has 2 aromatic rings. The predicted molar refractivity (Wildman–Crippen MR) is 134 cm³/mol. The van der Waals surface area contributed by atoms with E-state index in [9.17, 15) is 35.6 Å². The standard InChI is InChI=1S/C23H28FN3O4S.C2HF3O2/c1-26(2)22(28)20(21(25)23(29)27-12-11-18(24)14-27)16-9-7-15(8-10-16)17-5-4-6-19(13-17)32(3,30)31;3-2(4,5)1(6)7/h4-10,13,18,20-21H,11-12,14,25H2,1-3H3;(H,6,7)/t18-,20-,21-;/m0./s1. The molecule has 39 heavy (non-hydrogen) atoms. The topological polar surface area (TPSA) is 138 Å². The van der Waals surface area contributed by atoms with Gasteiger partial charge in [-0.15, -0.1) is 0 Å². The Labute approximate surface area is 223 Å². The third-order valence-corrected chi connectivity index (χ3v) is 7.01. The van der Waals surface area contributed by atoms with Crippen LogP contribution >= 0.6 is 0 Å². The number of aliphatic carboxylic acids is 1. The smallest absolute Gasteiger partial charge is 0.475 e. The van der Waals surface area contributed by atoms with Crippen LogP contribution in [0.5, 0.6) is 0 Å². The molecule has 9 nitrogen and oxygen atoms in total. The molecule has 0 radical (unpaired) electrons. The van der Waals surface area contributed by atoms with Crippen LogP contribution in [0, 0.1) is 0 Å². The van der Waals surface area contributed by atoms with E-state index >= 15 is 0 Å². The number of likely N-dealkylation sites (N-methyl/N-ethyl adjacent to an activating group) is 1. The number of hydrogen-bond acceptors (Lipinski definition) is 6. The number of alkyl halides is 4. The minimum atomic E-state index is -5.08. The summed E-state index contributed by atoms with van der Waals surface area (Å²) < 4.78 is 69.0.